The summed E-state index contributed by atoms with van der Waals surface area (Å²) in [6.45, 7) is 16.0. The average Bonchev–Trinajstić information content (AvgIpc) is 2.50. The molecule has 0 aliphatic carbocycles. The van der Waals surface area contributed by atoms with Crippen molar-refractivity contribution < 1.29 is 4.74 Å². The normalized spacial score (nSPS) is 5.29. The molecule has 1 aromatic rings. The monoisotopic (exact) mass is 244 g/mol. The van der Waals surface area contributed by atoms with Crippen molar-refractivity contribution in [3.8, 4) is 0 Å². The van der Waals surface area contributed by atoms with Crippen LogP contribution in [0.3, 0.4) is 0 Å². The van der Waals surface area contributed by atoms with Crippen LogP contribution in [0.15, 0.2) is 36.4 Å². The van der Waals surface area contributed by atoms with Gasteiger partial charge in [0.2, 0.25) is 0 Å². The van der Waals surface area contributed by atoms with E-state index in [2.05, 4.69) is 4.74 Å². The van der Waals surface area contributed by atoms with Gasteiger partial charge in [0.05, 0.1) is 0 Å². The van der Waals surface area contributed by atoms with Gasteiger partial charge in [0.15, 0.2) is 0 Å². The topological polar surface area (TPSA) is 9.23 Å². The van der Waals surface area contributed by atoms with Gasteiger partial charge >= 0.3 is 0 Å². The van der Waals surface area contributed by atoms with E-state index in [0.717, 1.165) is 0 Å². The molecule has 17 heavy (non-hydrogen) atoms. The van der Waals surface area contributed by atoms with Gasteiger partial charge in [0.25, 0.3) is 0 Å². The molecule has 0 aliphatic heterocycles. The van der Waals surface area contributed by atoms with Crippen molar-refractivity contribution in [2.45, 2.75) is 55.4 Å². The van der Waals surface area contributed by atoms with Gasteiger partial charge in [-0.3, -0.25) is 0 Å². The minimum atomic E-state index is 1.62. The molecule has 1 aromatic carbocycles. The molecular weight excluding hydrogens is 208 g/mol. The van der Waals surface area contributed by atoms with Gasteiger partial charge < -0.3 is 4.74 Å². The van der Waals surface area contributed by atoms with Crippen molar-refractivity contribution in [1.29, 1.82) is 0 Å². The summed E-state index contributed by atoms with van der Waals surface area (Å²) in [5.41, 5.74) is 0. The van der Waals surface area contributed by atoms with E-state index in [9.17, 15) is 0 Å². The Balaban J connectivity index is -0.0000000382. The van der Waals surface area contributed by atoms with Gasteiger partial charge in [-0.05, 0) is 0 Å². The summed E-state index contributed by atoms with van der Waals surface area (Å²) in [5, 5.41) is 0. The molecule has 0 spiro atoms. The van der Waals surface area contributed by atoms with Gasteiger partial charge in [-0.15, -0.1) is 0 Å². The Hall–Kier alpha value is -0.820. The predicted molar refractivity (Wildman–Crippen MR) is 84.8 cm³/mol. The molecule has 0 atom stereocenters. The van der Waals surface area contributed by atoms with Gasteiger partial charge in [0, 0.05) is 14.2 Å². The second kappa shape index (κ2) is 79.9. The number of hydrogen-bond acceptors (Lipinski definition) is 1. The lowest BCUT2D eigenvalue weighted by Gasteiger charge is -1.69. The van der Waals surface area contributed by atoms with Crippen LogP contribution in [0.25, 0.3) is 0 Å². The number of rotatable bonds is 0. The molecule has 0 N–H and O–H groups in total. The number of benzene rings is 1. The Labute approximate surface area is 111 Å². The van der Waals surface area contributed by atoms with Crippen LogP contribution in [0.1, 0.15) is 55.4 Å². The average molecular weight is 244 g/mol. The lowest BCUT2D eigenvalue weighted by atomic mass is 10.4. The third kappa shape index (κ3) is 98.3. The second-order valence-corrected chi connectivity index (χ2v) is 1.56. The van der Waals surface area contributed by atoms with Gasteiger partial charge in [-0.1, -0.05) is 91.8 Å². The summed E-state index contributed by atoms with van der Waals surface area (Å²) in [7, 11) is 3.25. The minimum Gasteiger partial charge on any atom is -0.388 e. The molecule has 0 aromatic heterocycles. The Kier molecular flexibility index (Phi) is 140. The Bertz CT molecular complexity index is 88.4. The van der Waals surface area contributed by atoms with Crippen molar-refractivity contribution in [3.05, 3.63) is 36.4 Å². The first-order valence-corrected chi connectivity index (χ1v) is 6.82. The predicted octanol–water partition coefficient (Wildman–Crippen LogP) is 6.05. The van der Waals surface area contributed by atoms with Crippen LogP contribution in [0.2, 0.25) is 0 Å². The second-order valence-electron chi connectivity index (χ2n) is 1.56. The fraction of sp³-hybridized carbons (Fsp3) is 0.625. The van der Waals surface area contributed by atoms with Crippen LogP contribution in [0.4, 0.5) is 0 Å². The number of ether oxygens (including phenoxy) is 1. The maximum absolute atomic E-state index is 4.25. The lowest BCUT2D eigenvalue weighted by Crippen LogP contribution is -1.55. The standard InChI is InChI=1S/C6H6.C2H6O.4C2H6/c1-2-4-6-5-3-1;1-3-2;4*1-2/h1-6H;1-2H3;4*1-2H3. The maximum Gasteiger partial charge on any atom is 0.0351 e. The zero-order valence-corrected chi connectivity index (χ0v) is 13.9. The van der Waals surface area contributed by atoms with Crippen molar-refractivity contribution in [2.75, 3.05) is 14.2 Å². The molecule has 106 valence electrons. The Morgan fingerprint density at radius 3 is 0.529 bits per heavy atom. The highest BCUT2D eigenvalue weighted by molar-refractivity contribution is 4.99. The van der Waals surface area contributed by atoms with E-state index in [1.54, 1.807) is 14.2 Å². The smallest absolute Gasteiger partial charge is 0.0351 e. The van der Waals surface area contributed by atoms with Crippen molar-refractivity contribution in [1.82, 2.24) is 0 Å². The lowest BCUT2D eigenvalue weighted by molar-refractivity contribution is 0.277. The van der Waals surface area contributed by atoms with Crippen LogP contribution in [0.5, 0.6) is 0 Å². The zero-order chi connectivity index (χ0) is 14.9. The van der Waals surface area contributed by atoms with E-state index in [1.165, 1.54) is 0 Å². The van der Waals surface area contributed by atoms with E-state index in [1.807, 2.05) is 91.8 Å². The van der Waals surface area contributed by atoms with Crippen molar-refractivity contribution in [2.24, 2.45) is 0 Å². The summed E-state index contributed by atoms with van der Waals surface area (Å²) in [6.07, 6.45) is 0. The fourth-order valence-electron chi connectivity index (χ4n) is 0.385. The molecule has 0 aliphatic rings. The Morgan fingerprint density at radius 1 is 0.412 bits per heavy atom. The van der Waals surface area contributed by atoms with Crippen LogP contribution < -0.4 is 0 Å². The molecule has 0 saturated carbocycles. The first-order valence-electron chi connectivity index (χ1n) is 6.82. The molecule has 1 heteroatoms. The Morgan fingerprint density at radius 2 is 0.471 bits per heavy atom. The van der Waals surface area contributed by atoms with E-state index in [-0.39, 0.29) is 0 Å². The summed E-state index contributed by atoms with van der Waals surface area (Å²) in [6, 6.07) is 12.0. The highest BCUT2D eigenvalue weighted by Gasteiger charge is 1.57. The number of hydrogen-bond donors (Lipinski definition) is 0. The van der Waals surface area contributed by atoms with Crippen LogP contribution >= 0.6 is 0 Å². The zero-order valence-electron chi connectivity index (χ0n) is 13.9. The van der Waals surface area contributed by atoms with E-state index >= 15 is 0 Å². The number of methoxy groups -OCH3 is 1. The first kappa shape index (κ1) is 29.8. The summed E-state index contributed by atoms with van der Waals surface area (Å²) in [4.78, 5) is 0. The summed E-state index contributed by atoms with van der Waals surface area (Å²) >= 11 is 0. The van der Waals surface area contributed by atoms with E-state index < -0.39 is 0 Å². The fourth-order valence-corrected chi connectivity index (χ4v) is 0.385. The van der Waals surface area contributed by atoms with Crippen molar-refractivity contribution in [3.63, 3.8) is 0 Å². The third-order valence-corrected chi connectivity index (χ3v) is 0.667. The largest absolute Gasteiger partial charge is 0.388 e. The highest BCUT2D eigenvalue weighted by Crippen LogP contribution is 1.79. The molecule has 0 radical (unpaired) electrons. The molecule has 0 unspecified atom stereocenters. The minimum absolute atomic E-state index is 1.62. The van der Waals surface area contributed by atoms with Crippen LogP contribution in [-0.4, -0.2) is 14.2 Å². The van der Waals surface area contributed by atoms with E-state index in [4.69, 9.17) is 0 Å². The van der Waals surface area contributed by atoms with Gasteiger partial charge in [-0.2, -0.15) is 0 Å². The molecular formula is C16H36O. The molecule has 1 nitrogen and oxygen atoms in total. The summed E-state index contributed by atoms with van der Waals surface area (Å²) in [5.74, 6) is 0. The maximum atomic E-state index is 4.25. The molecule has 0 fully saturated rings. The third-order valence-electron chi connectivity index (χ3n) is 0.667. The molecule has 0 heterocycles. The first-order chi connectivity index (χ1) is 8.41. The summed E-state index contributed by atoms with van der Waals surface area (Å²) < 4.78 is 4.25. The van der Waals surface area contributed by atoms with Crippen LogP contribution in [0, 0.1) is 0 Å². The van der Waals surface area contributed by atoms with Gasteiger partial charge in [-0.25, -0.2) is 0 Å². The SMILES string of the molecule is CC.CC.CC.CC.COC.c1ccccc1. The molecule has 1 rings (SSSR count). The van der Waals surface area contributed by atoms with Gasteiger partial charge in [0.1, 0.15) is 0 Å². The quantitative estimate of drug-likeness (QED) is 0.539. The molecule has 0 saturated heterocycles. The highest BCUT2D eigenvalue weighted by atomic mass is 16.4. The molecule has 0 amide bonds. The molecule has 0 bridgehead atoms. The van der Waals surface area contributed by atoms with E-state index in [0.29, 0.717) is 0 Å². The van der Waals surface area contributed by atoms with Crippen molar-refractivity contribution >= 4 is 0 Å². The van der Waals surface area contributed by atoms with Crippen LogP contribution in [-0.2, 0) is 4.74 Å².